The minimum atomic E-state index is -0.424. The van der Waals surface area contributed by atoms with Gasteiger partial charge in [0.15, 0.2) is 0 Å². The second-order valence-corrected chi connectivity index (χ2v) is 8.21. The van der Waals surface area contributed by atoms with E-state index in [-0.39, 0.29) is 12.1 Å². The van der Waals surface area contributed by atoms with E-state index in [4.69, 9.17) is 4.74 Å². The van der Waals surface area contributed by atoms with Crippen molar-refractivity contribution in [2.45, 2.75) is 71.4 Å². The third kappa shape index (κ3) is 5.52. The second kappa shape index (κ2) is 7.69. The van der Waals surface area contributed by atoms with Gasteiger partial charge in [0.2, 0.25) is 0 Å². The van der Waals surface area contributed by atoms with Crippen LogP contribution in [0.3, 0.4) is 0 Å². The number of nitrogens with zero attached hydrogens (tertiary/aromatic N) is 2. The van der Waals surface area contributed by atoms with Crippen molar-refractivity contribution in [3.8, 4) is 0 Å². The van der Waals surface area contributed by atoms with Crippen LogP contribution >= 0.6 is 0 Å². The van der Waals surface area contributed by atoms with Gasteiger partial charge in [0.1, 0.15) is 5.60 Å². The van der Waals surface area contributed by atoms with Crippen LogP contribution in [0.15, 0.2) is 12.2 Å². The number of rotatable bonds is 4. The number of carbonyl (C=O) groups is 1. The van der Waals surface area contributed by atoms with Crippen molar-refractivity contribution in [1.82, 2.24) is 9.80 Å². The minimum absolute atomic E-state index is 0.181. The second-order valence-electron chi connectivity index (χ2n) is 8.21. The highest BCUT2D eigenvalue weighted by Gasteiger charge is 2.30. The summed E-state index contributed by atoms with van der Waals surface area (Å²) in [5.41, 5.74) is 1.01. The Hall–Kier alpha value is -1.03. The molecule has 2 fully saturated rings. The quantitative estimate of drug-likeness (QED) is 0.732. The van der Waals surface area contributed by atoms with Gasteiger partial charge in [0.25, 0.3) is 0 Å². The summed E-state index contributed by atoms with van der Waals surface area (Å²) in [6.07, 6.45) is 6.33. The van der Waals surface area contributed by atoms with Crippen LogP contribution in [0, 0.1) is 5.92 Å². The van der Waals surface area contributed by atoms with E-state index < -0.39 is 5.60 Å². The third-order valence-corrected chi connectivity index (χ3v) is 5.02. The standard InChI is InChI=1S/C19H34N2O2/c1-15(17-8-6-7-9-17)10-11-20-12-13-21(16(2)14-20)18(22)23-19(3,4)5/h16-17H,1,6-14H2,2-5H3. The zero-order valence-corrected chi connectivity index (χ0v) is 15.4. The van der Waals surface area contributed by atoms with Gasteiger partial charge in [0.05, 0.1) is 0 Å². The van der Waals surface area contributed by atoms with Gasteiger partial charge in [0, 0.05) is 32.2 Å². The van der Waals surface area contributed by atoms with E-state index in [0.29, 0.717) is 0 Å². The molecule has 0 aromatic heterocycles. The molecule has 0 bridgehead atoms. The molecule has 1 unspecified atom stereocenters. The van der Waals surface area contributed by atoms with E-state index in [0.717, 1.165) is 38.5 Å². The monoisotopic (exact) mass is 322 g/mol. The first kappa shape index (κ1) is 18.3. The normalized spacial score (nSPS) is 24.0. The average Bonchev–Trinajstić information content (AvgIpc) is 2.97. The van der Waals surface area contributed by atoms with Crippen molar-refractivity contribution >= 4 is 6.09 Å². The molecule has 2 aliphatic rings. The molecule has 4 heteroatoms. The van der Waals surface area contributed by atoms with Gasteiger partial charge in [-0.25, -0.2) is 4.79 Å². The predicted octanol–water partition coefficient (Wildman–Crippen LogP) is 4.06. The first-order valence-corrected chi connectivity index (χ1v) is 9.16. The Kier molecular flexibility index (Phi) is 6.12. The van der Waals surface area contributed by atoms with Gasteiger partial charge in [-0.15, -0.1) is 0 Å². The van der Waals surface area contributed by atoms with Gasteiger partial charge < -0.3 is 9.64 Å². The highest BCUT2D eigenvalue weighted by molar-refractivity contribution is 5.68. The molecule has 4 nitrogen and oxygen atoms in total. The van der Waals surface area contributed by atoms with Crippen LogP contribution < -0.4 is 0 Å². The fraction of sp³-hybridized carbons (Fsp3) is 0.842. The van der Waals surface area contributed by atoms with E-state index in [9.17, 15) is 4.79 Å². The van der Waals surface area contributed by atoms with Crippen molar-refractivity contribution in [3.05, 3.63) is 12.2 Å². The smallest absolute Gasteiger partial charge is 0.410 e. The number of hydrogen-bond acceptors (Lipinski definition) is 3. The molecule has 1 aliphatic carbocycles. The molecular weight excluding hydrogens is 288 g/mol. The highest BCUT2D eigenvalue weighted by atomic mass is 16.6. The Morgan fingerprint density at radius 3 is 2.43 bits per heavy atom. The van der Waals surface area contributed by atoms with Crippen LogP contribution in [-0.2, 0) is 4.74 Å². The largest absolute Gasteiger partial charge is 0.444 e. The van der Waals surface area contributed by atoms with E-state index in [1.165, 1.54) is 31.3 Å². The molecule has 0 N–H and O–H groups in total. The zero-order chi connectivity index (χ0) is 17.0. The molecule has 1 heterocycles. The summed E-state index contributed by atoms with van der Waals surface area (Å²) in [5, 5.41) is 0. The van der Waals surface area contributed by atoms with Crippen molar-refractivity contribution in [1.29, 1.82) is 0 Å². The van der Waals surface area contributed by atoms with Crippen LogP contribution in [0.5, 0.6) is 0 Å². The molecule has 0 spiro atoms. The van der Waals surface area contributed by atoms with E-state index in [2.05, 4.69) is 18.4 Å². The van der Waals surface area contributed by atoms with Crippen LogP contribution in [-0.4, -0.2) is 53.7 Å². The number of piperazine rings is 1. The molecule has 1 saturated carbocycles. The summed E-state index contributed by atoms with van der Waals surface area (Å²) in [6, 6.07) is 0.207. The van der Waals surface area contributed by atoms with Crippen molar-refractivity contribution < 1.29 is 9.53 Å². The van der Waals surface area contributed by atoms with Gasteiger partial charge in [-0.2, -0.15) is 0 Å². The third-order valence-electron chi connectivity index (χ3n) is 5.02. The molecule has 1 saturated heterocycles. The minimum Gasteiger partial charge on any atom is -0.444 e. The molecule has 1 aliphatic heterocycles. The van der Waals surface area contributed by atoms with Crippen molar-refractivity contribution in [2.75, 3.05) is 26.2 Å². The fourth-order valence-corrected chi connectivity index (χ4v) is 3.67. The van der Waals surface area contributed by atoms with E-state index in [1.807, 2.05) is 25.7 Å². The maximum atomic E-state index is 12.2. The molecule has 1 amide bonds. The first-order valence-electron chi connectivity index (χ1n) is 9.16. The molecule has 23 heavy (non-hydrogen) atoms. The van der Waals surface area contributed by atoms with Crippen LogP contribution in [0.2, 0.25) is 0 Å². The average molecular weight is 322 g/mol. The summed E-state index contributed by atoms with van der Waals surface area (Å²) < 4.78 is 5.50. The van der Waals surface area contributed by atoms with Crippen LogP contribution in [0.25, 0.3) is 0 Å². The maximum Gasteiger partial charge on any atom is 0.410 e. The lowest BCUT2D eigenvalue weighted by atomic mass is 9.96. The molecule has 0 aromatic carbocycles. The molecule has 2 rings (SSSR count). The lowest BCUT2D eigenvalue weighted by Crippen LogP contribution is -2.55. The summed E-state index contributed by atoms with van der Waals surface area (Å²) in [4.78, 5) is 16.6. The zero-order valence-electron chi connectivity index (χ0n) is 15.4. The summed E-state index contributed by atoms with van der Waals surface area (Å²) in [5.74, 6) is 0.760. The Labute approximate surface area is 141 Å². The molecule has 132 valence electrons. The molecule has 1 atom stereocenters. The van der Waals surface area contributed by atoms with Crippen molar-refractivity contribution in [2.24, 2.45) is 5.92 Å². The topological polar surface area (TPSA) is 32.8 Å². The lowest BCUT2D eigenvalue weighted by molar-refractivity contribution is 0.00158. The lowest BCUT2D eigenvalue weighted by Gasteiger charge is -2.40. The number of amides is 1. The van der Waals surface area contributed by atoms with Gasteiger partial charge >= 0.3 is 6.09 Å². The SMILES string of the molecule is C=C(CCN1CCN(C(=O)OC(C)(C)C)C(C)C1)C1CCCC1. The van der Waals surface area contributed by atoms with Gasteiger partial charge in [-0.05, 0) is 52.9 Å². The highest BCUT2D eigenvalue weighted by Crippen LogP contribution is 2.31. The maximum absolute atomic E-state index is 12.2. The Bertz CT molecular complexity index is 422. The molecule has 0 aromatic rings. The first-order chi connectivity index (χ1) is 10.8. The van der Waals surface area contributed by atoms with E-state index >= 15 is 0 Å². The fourth-order valence-electron chi connectivity index (χ4n) is 3.67. The summed E-state index contributed by atoms with van der Waals surface area (Å²) in [7, 11) is 0. The summed E-state index contributed by atoms with van der Waals surface area (Å²) >= 11 is 0. The Balaban J connectivity index is 1.75. The molecular formula is C19H34N2O2. The number of carbonyl (C=O) groups excluding carboxylic acids is 1. The van der Waals surface area contributed by atoms with Gasteiger partial charge in [-0.1, -0.05) is 25.0 Å². The summed E-state index contributed by atoms with van der Waals surface area (Å²) in [6.45, 7) is 15.9. The van der Waals surface area contributed by atoms with Crippen LogP contribution in [0.4, 0.5) is 4.79 Å². The van der Waals surface area contributed by atoms with Crippen molar-refractivity contribution in [3.63, 3.8) is 0 Å². The van der Waals surface area contributed by atoms with E-state index in [1.54, 1.807) is 0 Å². The number of hydrogen-bond donors (Lipinski definition) is 0. The predicted molar refractivity (Wildman–Crippen MR) is 94.6 cm³/mol. The molecule has 0 radical (unpaired) electrons. The Morgan fingerprint density at radius 2 is 1.87 bits per heavy atom. The van der Waals surface area contributed by atoms with Gasteiger partial charge in [-0.3, -0.25) is 4.90 Å². The number of ether oxygens (including phenoxy) is 1. The van der Waals surface area contributed by atoms with Crippen LogP contribution in [0.1, 0.15) is 59.8 Å². The Morgan fingerprint density at radius 1 is 1.22 bits per heavy atom.